The van der Waals surface area contributed by atoms with Crippen LogP contribution in [-0.2, 0) is 5.41 Å². The van der Waals surface area contributed by atoms with E-state index in [0.29, 0.717) is 0 Å². The van der Waals surface area contributed by atoms with Crippen LogP contribution in [0.15, 0.2) is 127 Å². The highest BCUT2D eigenvalue weighted by molar-refractivity contribution is 7.20. The van der Waals surface area contributed by atoms with Crippen LogP contribution in [0.4, 0.5) is 17.1 Å². The van der Waals surface area contributed by atoms with Gasteiger partial charge in [0.2, 0.25) is 0 Å². The molecule has 0 unspecified atom stereocenters. The van der Waals surface area contributed by atoms with Gasteiger partial charge >= 0.3 is 0 Å². The van der Waals surface area contributed by atoms with Crippen molar-refractivity contribution in [1.29, 1.82) is 0 Å². The molecular weight excluding hydrogens is 601 g/mol. The summed E-state index contributed by atoms with van der Waals surface area (Å²) < 4.78 is 8.46. The molecule has 232 valence electrons. The molecule has 0 aliphatic carbocycles. The molecule has 9 rings (SSSR count). The number of thiophene rings is 1. The van der Waals surface area contributed by atoms with Gasteiger partial charge < -0.3 is 9.64 Å². The molecule has 0 spiro atoms. The predicted molar refractivity (Wildman–Crippen MR) is 207 cm³/mol. The second-order valence-corrected chi connectivity index (χ2v) is 15.5. The number of nitrogens with zero attached hydrogens (tertiary/aromatic N) is 1. The van der Waals surface area contributed by atoms with Crippen molar-refractivity contribution in [3.05, 3.63) is 143 Å². The number of anilines is 3. The van der Waals surface area contributed by atoms with Gasteiger partial charge in [-0.1, -0.05) is 105 Å². The first kappa shape index (κ1) is 29.1. The molecule has 0 saturated heterocycles. The van der Waals surface area contributed by atoms with Gasteiger partial charge in [0.25, 0.3) is 6.71 Å². The predicted octanol–water partition coefficient (Wildman–Crippen LogP) is 10.6. The van der Waals surface area contributed by atoms with Crippen molar-refractivity contribution >= 4 is 61.6 Å². The van der Waals surface area contributed by atoms with Crippen molar-refractivity contribution in [2.45, 2.75) is 40.0 Å². The smallest absolute Gasteiger partial charge is 0.252 e. The highest BCUT2D eigenvalue weighted by Crippen LogP contribution is 2.47. The minimum Gasteiger partial charge on any atom is -0.458 e. The summed E-state index contributed by atoms with van der Waals surface area (Å²) in [6.07, 6.45) is 0. The second kappa shape index (κ2) is 10.7. The van der Waals surface area contributed by atoms with Gasteiger partial charge in [-0.3, -0.25) is 0 Å². The quantitative estimate of drug-likeness (QED) is 0.178. The van der Waals surface area contributed by atoms with Crippen molar-refractivity contribution in [1.82, 2.24) is 0 Å². The monoisotopic (exact) mass is 637 g/mol. The van der Waals surface area contributed by atoms with Crippen molar-refractivity contribution in [3.8, 4) is 33.8 Å². The Morgan fingerprint density at radius 1 is 0.625 bits per heavy atom. The van der Waals surface area contributed by atoms with Crippen LogP contribution in [-0.4, -0.2) is 6.71 Å². The molecule has 0 radical (unpaired) electrons. The molecule has 2 aliphatic rings. The summed E-state index contributed by atoms with van der Waals surface area (Å²) in [6.45, 7) is 11.5. The molecule has 48 heavy (non-hydrogen) atoms. The summed E-state index contributed by atoms with van der Waals surface area (Å²) in [7, 11) is 0. The zero-order valence-electron chi connectivity index (χ0n) is 28.0. The Bertz CT molecular complexity index is 2350. The van der Waals surface area contributed by atoms with E-state index in [4.69, 9.17) is 4.74 Å². The third-order valence-electron chi connectivity index (χ3n) is 10.1. The zero-order valence-corrected chi connectivity index (χ0v) is 28.8. The molecule has 0 bridgehead atoms. The Morgan fingerprint density at radius 2 is 1.31 bits per heavy atom. The number of aryl methyl sites for hydroxylation is 2. The standard InChI is InChI=1S/C44H36BNOS/c1-27-14-12-13-19-34(27)29-20-21-36-38(22-29)47-39-26-33(46(31-15-8-6-9-16-31)32-17-10-7-11-18-32)25-35-41-28(2)48-40-24-30(44(3,4)5)23-37(42(40)41)45(36)43(35)39/h6-26H,1-5H3. The van der Waals surface area contributed by atoms with Crippen LogP contribution in [0.1, 0.15) is 36.8 Å². The van der Waals surface area contributed by atoms with E-state index in [9.17, 15) is 0 Å². The summed E-state index contributed by atoms with van der Waals surface area (Å²) in [5.74, 6) is 1.87. The van der Waals surface area contributed by atoms with Crippen LogP contribution >= 0.6 is 11.3 Å². The third-order valence-corrected chi connectivity index (χ3v) is 11.2. The number of benzene rings is 6. The van der Waals surface area contributed by atoms with Crippen LogP contribution in [0.5, 0.6) is 11.5 Å². The van der Waals surface area contributed by atoms with Crippen LogP contribution in [0.3, 0.4) is 0 Å². The maximum Gasteiger partial charge on any atom is 0.252 e. The first-order chi connectivity index (χ1) is 23.3. The minimum absolute atomic E-state index is 0.0320. The second-order valence-electron chi connectivity index (χ2n) is 14.2. The molecular formula is C44H36BNOS. The van der Waals surface area contributed by atoms with Crippen LogP contribution < -0.4 is 26.0 Å². The molecule has 0 amide bonds. The molecule has 3 heterocycles. The van der Waals surface area contributed by atoms with E-state index >= 15 is 0 Å². The molecule has 2 aliphatic heterocycles. The lowest BCUT2D eigenvalue weighted by molar-refractivity contribution is 0.488. The van der Waals surface area contributed by atoms with Gasteiger partial charge in [-0.2, -0.15) is 0 Å². The van der Waals surface area contributed by atoms with E-state index in [-0.39, 0.29) is 12.1 Å². The van der Waals surface area contributed by atoms with E-state index < -0.39 is 0 Å². The minimum atomic E-state index is 0.0320. The molecule has 7 aromatic rings. The van der Waals surface area contributed by atoms with Crippen LogP contribution in [0.2, 0.25) is 0 Å². The first-order valence-corrected chi connectivity index (χ1v) is 17.6. The molecule has 1 aromatic heterocycles. The maximum absolute atomic E-state index is 7.09. The lowest BCUT2D eigenvalue weighted by Gasteiger charge is -2.35. The van der Waals surface area contributed by atoms with Crippen LogP contribution in [0.25, 0.3) is 32.3 Å². The lowest BCUT2D eigenvalue weighted by Crippen LogP contribution is -2.57. The molecule has 0 fully saturated rings. The fraction of sp³-hybridized carbons (Fsp3) is 0.136. The third kappa shape index (κ3) is 4.47. The molecule has 0 saturated carbocycles. The van der Waals surface area contributed by atoms with E-state index in [1.165, 1.54) is 64.7 Å². The number of ether oxygens (including phenoxy) is 1. The Morgan fingerprint density at radius 3 is 2.00 bits per heavy atom. The summed E-state index contributed by atoms with van der Waals surface area (Å²) in [4.78, 5) is 3.70. The Hall–Kier alpha value is -5.06. The summed E-state index contributed by atoms with van der Waals surface area (Å²) in [5.41, 5.74) is 14.9. The van der Waals surface area contributed by atoms with Crippen molar-refractivity contribution < 1.29 is 4.74 Å². The average Bonchev–Trinajstić information content (AvgIpc) is 3.43. The van der Waals surface area contributed by atoms with Gasteiger partial charge in [-0.25, -0.2) is 0 Å². The molecule has 4 heteroatoms. The number of para-hydroxylation sites is 2. The van der Waals surface area contributed by atoms with E-state index in [1.54, 1.807) is 0 Å². The summed E-state index contributed by atoms with van der Waals surface area (Å²) in [6, 6.07) is 46.4. The molecule has 0 N–H and O–H groups in total. The maximum atomic E-state index is 7.09. The van der Waals surface area contributed by atoms with Crippen molar-refractivity contribution in [2.75, 3.05) is 4.90 Å². The molecule has 2 nitrogen and oxygen atoms in total. The average molecular weight is 638 g/mol. The molecule has 6 aromatic carbocycles. The number of fused-ring (bicyclic) bond motifs is 4. The van der Waals surface area contributed by atoms with Gasteiger partial charge in [0, 0.05) is 32.6 Å². The summed E-state index contributed by atoms with van der Waals surface area (Å²) >= 11 is 1.93. The van der Waals surface area contributed by atoms with Crippen molar-refractivity contribution in [2.24, 2.45) is 0 Å². The fourth-order valence-electron chi connectivity index (χ4n) is 7.82. The Kier molecular flexibility index (Phi) is 6.51. The Labute approximate surface area is 287 Å². The lowest BCUT2D eigenvalue weighted by atomic mass is 9.33. The van der Waals surface area contributed by atoms with Gasteiger partial charge in [-0.15, -0.1) is 11.3 Å². The number of rotatable bonds is 4. The van der Waals surface area contributed by atoms with Gasteiger partial charge in [0.1, 0.15) is 11.5 Å². The van der Waals surface area contributed by atoms with Gasteiger partial charge in [0.15, 0.2) is 0 Å². The fourth-order valence-corrected chi connectivity index (χ4v) is 8.97. The summed E-state index contributed by atoms with van der Waals surface area (Å²) in [5, 5.41) is 1.40. The number of hydrogen-bond donors (Lipinski definition) is 0. The van der Waals surface area contributed by atoms with Crippen molar-refractivity contribution in [3.63, 3.8) is 0 Å². The molecule has 0 atom stereocenters. The van der Waals surface area contributed by atoms with Gasteiger partial charge in [0.05, 0.1) is 5.69 Å². The van der Waals surface area contributed by atoms with E-state index in [2.05, 4.69) is 167 Å². The SMILES string of the molecule is Cc1ccccc1-c1ccc2c(c1)Oc1cc(N(c3ccccc3)c3ccccc3)cc3c1B2c1cc(C(C)(C)C)cc2sc(C)c-3c12. The largest absolute Gasteiger partial charge is 0.458 e. The highest BCUT2D eigenvalue weighted by atomic mass is 32.1. The Balaban J connectivity index is 1.35. The zero-order chi connectivity index (χ0) is 32.7. The van der Waals surface area contributed by atoms with Gasteiger partial charge in [-0.05, 0) is 106 Å². The highest BCUT2D eigenvalue weighted by Gasteiger charge is 2.42. The normalized spacial score (nSPS) is 12.8. The first-order valence-electron chi connectivity index (χ1n) is 16.8. The van der Waals surface area contributed by atoms with Crippen LogP contribution in [0, 0.1) is 13.8 Å². The van der Waals surface area contributed by atoms with E-state index in [1.807, 2.05) is 11.3 Å². The number of hydrogen-bond acceptors (Lipinski definition) is 3. The topological polar surface area (TPSA) is 12.5 Å². The van der Waals surface area contributed by atoms with E-state index in [0.717, 1.165) is 28.6 Å².